The highest BCUT2D eigenvalue weighted by Crippen LogP contribution is 2.42. The number of rotatable bonds is 5. The Morgan fingerprint density at radius 2 is 1.97 bits per heavy atom. The van der Waals surface area contributed by atoms with Gasteiger partial charge in [-0.2, -0.15) is 5.26 Å². The van der Waals surface area contributed by atoms with E-state index in [0.717, 1.165) is 10.5 Å². The van der Waals surface area contributed by atoms with Crippen molar-refractivity contribution in [2.45, 2.75) is 37.9 Å². The predicted octanol–water partition coefficient (Wildman–Crippen LogP) is 1.64. The maximum absolute atomic E-state index is 13.3. The molecule has 3 aliphatic rings. The first kappa shape index (κ1) is 21.7. The molecule has 0 radical (unpaired) electrons. The molecule has 2 bridgehead atoms. The van der Waals surface area contributed by atoms with Gasteiger partial charge in [0, 0.05) is 6.54 Å². The van der Waals surface area contributed by atoms with Crippen LogP contribution in [0.2, 0.25) is 0 Å². The number of hydrogen-bond donors (Lipinski definition) is 0. The van der Waals surface area contributed by atoms with Crippen LogP contribution in [0.3, 0.4) is 0 Å². The van der Waals surface area contributed by atoms with Crippen LogP contribution in [0.1, 0.15) is 23.2 Å². The molecule has 0 saturated carbocycles. The minimum absolute atomic E-state index is 0.103. The van der Waals surface area contributed by atoms with Crippen molar-refractivity contribution < 1.29 is 23.9 Å². The van der Waals surface area contributed by atoms with Gasteiger partial charge in [0.05, 0.1) is 44.6 Å². The Morgan fingerprint density at radius 3 is 2.65 bits per heavy atom. The lowest BCUT2D eigenvalue weighted by atomic mass is 10.1. The molecule has 3 atom stereocenters. The Morgan fingerprint density at radius 1 is 1.21 bits per heavy atom. The number of aryl methyl sites for hydroxylation is 1. The number of carbonyl (C=O) groups is 3. The fourth-order valence-electron chi connectivity index (χ4n) is 5.25. The second-order valence-corrected chi connectivity index (χ2v) is 8.65. The van der Waals surface area contributed by atoms with Crippen molar-refractivity contribution >= 4 is 23.5 Å². The molecule has 10 heteroatoms. The number of nitriles is 1. The van der Waals surface area contributed by atoms with Crippen LogP contribution in [-0.4, -0.2) is 71.5 Å². The summed E-state index contributed by atoms with van der Waals surface area (Å²) in [6, 6.07) is 7.24. The molecule has 0 aliphatic carbocycles. The molecule has 4 amide bonds. The van der Waals surface area contributed by atoms with E-state index in [4.69, 9.17) is 14.7 Å². The molecule has 1 aromatic heterocycles. The van der Waals surface area contributed by atoms with E-state index in [0.29, 0.717) is 35.7 Å². The summed E-state index contributed by atoms with van der Waals surface area (Å²) in [4.78, 5) is 48.2. The number of carbonyl (C=O) groups excluding carboxylic acids is 3. The fourth-order valence-corrected chi connectivity index (χ4v) is 5.25. The molecule has 3 saturated heterocycles. The van der Waals surface area contributed by atoms with Crippen molar-refractivity contribution in [2.24, 2.45) is 0 Å². The number of nitrogens with zero attached hydrogens (tertiary/aromatic N) is 5. The molecular formula is C24H23N5O5. The zero-order valence-corrected chi connectivity index (χ0v) is 19.0. The first-order valence-electron chi connectivity index (χ1n) is 10.9. The predicted molar refractivity (Wildman–Crippen MR) is 119 cm³/mol. The van der Waals surface area contributed by atoms with Gasteiger partial charge in [0.25, 0.3) is 5.91 Å². The third kappa shape index (κ3) is 3.15. The van der Waals surface area contributed by atoms with Gasteiger partial charge in [-0.15, -0.1) is 0 Å². The zero-order valence-electron chi connectivity index (χ0n) is 19.0. The van der Waals surface area contributed by atoms with Crippen LogP contribution < -0.4 is 14.4 Å². The highest BCUT2D eigenvalue weighted by molar-refractivity contribution is 6.22. The number of hydrogen-bond acceptors (Lipinski definition) is 7. The van der Waals surface area contributed by atoms with E-state index >= 15 is 0 Å². The molecule has 10 nitrogen and oxygen atoms in total. The first-order valence-corrected chi connectivity index (χ1v) is 10.9. The van der Waals surface area contributed by atoms with Crippen LogP contribution in [-0.2, 0) is 16.0 Å². The average molecular weight is 461 g/mol. The number of benzene rings is 1. The van der Waals surface area contributed by atoms with Crippen molar-refractivity contribution in [2.75, 3.05) is 25.7 Å². The molecule has 4 heterocycles. The Balaban J connectivity index is 1.36. The number of ether oxygens (including phenoxy) is 2. The largest absolute Gasteiger partial charge is 0.493 e. The second-order valence-electron chi connectivity index (χ2n) is 8.65. The Labute approximate surface area is 196 Å². The number of urea groups is 1. The Bertz CT molecular complexity index is 1250. The molecule has 3 aliphatic heterocycles. The Kier molecular flexibility index (Phi) is 5.12. The van der Waals surface area contributed by atoms with Gasteiger partial charge in [0.1, 0.15) is 17.8 Å². The molecule has 0 N–H and O–H groups in total. The lowest BCUT2D eigenvalue weighted by Crippen LogP contribution is -2.55. The minimum Gasteiger partial charge on any atom is -0.493 e. The standard InChI is InChI=1S/C24H23N5O5/c1-13-6-15(11-26-17(13)10-25)29-23(31)22-18-9-16(28(22)24(29)32)12-27(18)21(30)8-14-4-5-19(33-2)20(7-14)34-3/h4-7,11,16,18,22H,8-9,12H2,1-3H3. The van der Waals surface area contributed by atoms with Gasteiger partial charge < -0.3 is 19.3 Å². The van der Waals surface area contributed by atoms with Crippen LogP contribution in [0, 0.1) is 18.3 Å². The molecular weight excluding hydrogens is 438 g/mol. The van der Waals surface area contributed by atoms with E-state index in [2.05, 4.69) is 4.98 Å². The SMILES string of the molecule is COc1ccc(CC(=O)N2CC3CC2C2C(=O)N(c4cnc(C#N)c(C)c4)C(=O)N32)cc1OC. The summed E-state index contributed by atoms with van der Waals surface area (Å²) in [5, 5.41) is 9.11. The molecule has 174 valence electrons. The number of fused-ring (bicyclic) bond motifs is 5. The van der Waals surface area contributed by atoms with E-state index in [-0.39, 0.29) is 36.0 Å². The summed E-state index contributed by atoms with van der Waals surface area (Å²) in [7, 11) is 3.09. The molecule has 5 rings (SSSR count). The van der Waals surface area contributed by atoms with Crippen LogP contribution in [0.25, 0.3) is 0 Å². The summed E-state index contributed by atoms with van der Waals surface area (Å²) < 4.78 is 10.6. The molecule has 34 heavy (non-hydrogen) atoms. The lowest BCUT2D eigenvalue weighted by Gasteiger charge is -2.35. The first-order chi connectivity index (χ1) is 16.4. The van der Waals surface area contributed by atoms with Crippen molar-refractivity contribution in [3.8, 4) is 17.6 Å². The maximum Gasteiger partial charge on any atom is 0.332 e. The van der Waals surface area contributed by atoms with Crippen LogP contribution in [0.4, 0.5) is 10.5 Å². The van der Waals surface area contributed by atoms with Gasteiger partial charge >= 0.3 is 6.03 Å². The molecule has 1 aromatic carbocycles. The summed E-state index contributed by atoms with van der Waals surface area (Å²) in [6.45, 7) is 2.10. The lowest BCUT2D eigenvalue weighted by molar-refractivity contribution is -0.135. The summed E-state index contributed by atoms with van der Waals surface area (Å²) in [5.41, 5.74) is 1.94. The van der Waals surface area contributed by atoms with Gasteiger partial charge in [0.15, 0.2) is 11.5 Å². The summed E-state index contributed by atoms with van der Waals surface area (Å²) >= 11 is 0. The van der Waals surface area contributed by atoms with Gasteiger partial charge in [-0.05, 0) is 42.7 Å². The number of pyridine rings is 1. The second kappa shape index (κ2) is 8.02. The highest BCUT2D eigenvalue weighted by atomic mass is 16.5. The van der Waals surface area contributed by atoms with Gasteiger partial charge in [-0.1, -0.05) is 6.07 Å². The van der Waals surface area contributed by atoms with Crippen molar-refractivity contribution in [1.29, 1.82) is 5.26 Å². The smallest absolute Gasteiger partial charge is 0.332 e. The van der Waals surface area contributed by atoms with Crippen LogP contribution >= 0.6 is 0 Å². The number of amides is 4. The normalized spacial score (nSPS) is 22.8. The maximum atomic E-state index is 13.3. The molecule has 2 aromatic rings. The number of piperazine rings is 1. The molecule has 0 spiro atoms. The highest BCUT2D eigenvalue weighted by Gasteiger charge is 2.62. The number of likely N-dealkylation sites (tertiary alicyclic amines) is 1. The van der Waals surface area contributed by atoms with Crippen molar-refractivity contribution in [3.63, 3.8) is 0 Å². The van der Waals surface area contributed by atoms with E-state index in [1.165, 1.54) is 13.3 Å². The monoisotopic (exact) mass is 461 g/mol. The Hall–Kier alpha value is -4.13. The third-order valence-corrected chi connectivity index (χ3v) is 6.82. The van der Waals surface area contributed by atoms with Crippen molar-refractivity contribution in [3.05, 3.63) is 47.3 Å². The topological polar surface area (TPSA) is 116 Å². The summed E-state index contributed by atoms with van der Waals surface area (Å²) in [5.74, 6) is 0.652. The van der Waals surface area contributed by atoms with Crippen LogP contribution in [0.5, 0.6) is 11.5 Å². The van der Waals surface area contributed by atoms with Crippen LogP contribution in [0.15, 0.2) is 30.5 Å². The minimum atomic E-state index is -0.712. The fraction of sp³-hybridized carbons (Fsp3) is 0.375. The van der Waals surface area contributed by atoms with E-state index < -0.39 is 12.1 Å². The molecule has 3 unspecified atom stereocenters. The third-order valence-electron chi connectivity index (χ3n) is 6.82. The van der Waals surface area contributed by atoms with E-state index in [1.54, 1.807) is 42.0 Å². The number of aromatic nitrogens is 1. The van der Waals surface area contributed by atoms with Gasteiger partial charge in [0.2, 0.25) is 5.91 Å². The number of methoxy groups -OCH3 is 2. The molecule has 3 fully saturated rings. The quantitative estimate of drug-likeness (QED) is 0.622. The number of imide groups is 1. The summed E-state index contributed by atoms with van der Waals surface area (Å²) in [6.07, 6.45) is 2.10. The number of anilines is 1. The van der Waals surface area contributed by atoms with E-state index in [1.807, 2.05) is 12.1 Å². The van der Waals surface area contributed by atoms with Crippen molar-refractivity contribution in [1.82, 2.24) is 14.8 Å². The zero-order chi connectivity index (χ0) is 24.1. The average Bonchev–Trinajstić information content (AvgIpc) is 3.50. The van der Waals surface area contributed by atoms with Gasteiger partial charge in [-0.3, -0.25) is 9.59 Å². The van der Waals surface area contributed by atoms with E-state index in [9.17, 15) is 14.4 Å². The van der Waals surface area contributed by atoms with Gasteiger partial charge in [-0.25, -0.2) is 14.7 Å².